The second-order valence-corrected chi connectivity index (χ2v) is 5.58. The van der Waals surface area contributed by atoms with Gasteiger partial charge in [-0.05, 0) is 25.0 Å². The minimum absolute atomic E-state index is 0.0360. The van der Waals surface area contributed by atoms with Crippen LogP contribution in [0.1, 0.15) is 18.1 Å². The molecule has 1 amide bonds. The van der Waals surface area contributed by atoms with Gasteiger partial charge in [0.05, 0.1) is 6.04 Å². The molecule has 4 heteroatoms. The molecule has 0 aliphatic carbocycles. The van der Waals surface area contributed by atoms with E-state index in [-0.39, 0.29) is 11.9 Å². The van der Waals surface area contributed by atoms with E-state index in [1.165, 1.54) is 11.1 Å². The van der Waals surface area contributed by atoms with Gasteiger partial charge in [-0.2, -0.15) is 0 Å². The third-order valence-electron chi connectivity index (χ3n) is 4.10. The van der Waals surface area contributed by atoms with Gasteiger partial charge in [-0.25, -0.2) is 0 Å². The Kier molecular flexibility index (Phi) is 5.15. The van der Waals surface area contributed by atoms with Crippen molar-refractivity contribution in [3.05, 3.63) is 35.4 Å². The van der Waals surface area contributed by atoms with E-state index in [1.807, 2.05) is 31.0 Å². The number of benzene rings is 1. The summed E-state index contributed by atoms with van der Waals surface area (Å²) in [6, 6.07) is 8.21. The van der Waals surface area contributed by atoms with Crippen LogP contribution in [0.4, 0.5) is 0 Å². The number of aryl methyl sites for hydroxylation is 1. The number of amides is 1. The molecule has 20 heavy (non-hydrogen) atoms. The largest absolute Gasteiger partial charge is 0.340 e. The van der Waals surface area contributed by atoms with Gasteiger partial charge in [0, 0.05) is 39.8 Å². The SMILES string of the molecule is Cc1ccccc1CN(C)C(=O)C(C)N1CCNCC1. The lowest BCUT2D eigenvalue weighted by molar-refractivity contribution is -0.135. The summed E-state index contributed by atoms with van der Waals surface area (Å²) in [7, 11) is 1.90. The molecule has 2 rings (SSSR count). The first kappa shape index (κ1) is 15.0. The minimum atomic E-state index is -0.0360. The Balaban J connectivity index is 1.96. The summed E-state index contributed by atoms with van der Waals surface area (Å²) in [6.07, 6.45) is 0. The molecule has 0 aromatic heterocycles. The fraction of sp³-hybridized carbons (Fsp3) is 0.562. The molecule has 1 heterocycles. The number of nitrogens with one attached hydrogen (secondary N) is 1. The molecule has 0 saturated carbocycles. The first-order valence-corrected chi connectivity index (χ1v) is 7.34. The zero-order valence-corrected chi connectivity index (χ0v) is 12.7. The maximum atomic E-state index is 12.5. The monoisotopic (exact) mass is 275 g/mol. The second kappa shape index (κ2) is 6.86. The molecule has 1 N–H and O–H groups in total. The molecule has 1 atom stereocenters. The number of hydrogen-bond acceptors (Lipinski definition) is 3. The molecular formula is C16H25N3O. The average molecular weight is 275 g/mol. The summed E-state index contributed by atoms with van der Waals surface area (Å²) in [5.41, 5.74) is 2.46. The molecule has 1 aromatic carbocycles. The van der Waals surface area contributed by atoms with Gasteiger partial charge in [0.25, 0.3) is 0 Å². The van der Waals surface area contributed by atoms with Crippen LogP contribution in [0, 0.1) is 6.92 Å². The summed E-state index contributed by atoms with van der Waals surface area (Å²) in [6.45, 7) is 8.63. The van der Waals surface area contributed by atoms with Crippen molar-refractivity contribution < 1.29 is 4.79 Å². The Labute approximate surface area is 121 Å². The molecule has 1 aromatic rings. The summed E-state index contributed by atoms with van der Waals surface area (Å²) in [5, 5.41) is 3.32. The quantitative estimate of drug-likeness (QED) is 0.898. The molecule has 0 spiro atoms. The summed E-state index contributed by atoms with van der Waals surface area (Å²) < 4.78 is 0. The maximum Gasteiger partial charge on any atom is 0.239 e. The highest BCUT2D eigenvalue weighted by Gasteiger charge is 2.25. The van der Waals surface area contributed by atoms with Gasteiger partial charge in [0.1, 0.15) is 0 Å². The Bertz CT molecular complexity index is 455. The van der Waals surface area contributed by atoms with E-state index in [2.05, 4.69) is 29.3 Å². The van der Waals surface area contributed by atoms with Gasteiger partial charge >= 0.3 is 0 Å². The number of carbonyl (C=O) groups is 1. The van der Waals surface area contributed by atoms with E-state index in [0.29, 0.717) is 6.54 Å². The molecule has 1 unspecified atom stereocenters. The normalized spacial score (nSPS) is 17.8. The van der Waals surface area contributed by atoms with Crippen molar-refractivity contribution in [2.24, 2.45) is 0 Å². The highest BCUT2D eigenvalue weighted by Crippen LogP contribution is 2.12. The molecule has 1 fully saturated rings. The highest BCUT2D eigenvalue weighted by molar-refractivity contribution is 5.81. The predicted molar refractivity (Wildman–Crippen MR) is 81.6 cm³/mol. The van der Waals surface area contributed by atoms with Crippen molar-refractivity contribution in [3.8, 4) is 0 Å². The summed E-state index contributed by atoms with van der Waals surface area (Å²) in [5.74, 6) is 0.204. The third kappa shape index (κ3) is 3.58. The predicted octanol–water partition coefficient (Wildman–Crippen LogP) is 1.25. The zero-order chi connectivity index (χ0) is 14.5. The molecule has 110 valence electrons. The van der Waals surface area contributed by atoms with Gasteiger partial charge in [0.2, 0.25) is 5.91 Å². The molecular weight excluding hydrogens is 250 g/mol. The number of rotatable bonds is 4. The van der Waals surface area contributed by atoms with E-state index in [1.54, 1.807) is 0 Å². The van der Waals surface area contributed by atoms with Crippen molar-refractivity contribution in [1.82, 2.24) is 15.1 Å². The van der Waals surface area contributed by atoms with Crippen molar-refractivity contribution in [2.45, 2.75) is 26.4 Å². The van der Waals surface area contributed by atoms with Crippen LogP contribution >= 0.6 is 0 Å². The number of piperazine rings is 1. The van der Waals surface area contributed by atoms with Crippen LogP contribution < -0.4 is 5.32 Å². The molecule has 0 radical (unpaired) electrons. The number of carbonyl (C=O) groups excluding carboxylic acids is 1. The molecule has 4 nitrogen and oxygen atoms in total. The fourth-order valence-electron chi connectivity index (χ4n) is 2.67. The lowest BCUT2D eigenvalue weighted by atomic mass is 10.1. The first-order valence-electron chi connectivity index (χ1n) is 7.34. The van der Waals surface area contributed by atoms with Gasteiger partial charge in [-0.1, -0.05) is 24.3 Å². The van der Waals surface area contributed by atoms with Crippen LogP contribution in [0.2, 0.25) is 0 Å². The number of hydrogen-bond donors (Lipinski definition) is 1. The van der Waals surface area contributed by atoms with E-state index in [9.17, 15) is 4.79 Å². The Hall–Kier alpha value is -1.39. The lowest BCUT2D eigenvalue weighted by Gasteiger charge is -2.34. The van der Waals surface area contributed by atoms with Crippen LogP contribution in [-0.4, -0.2) is 55.0 Å². The Morgan fingerprint density at radius 3 is 2.65 bits per heavy atom. The standard InChI is InChI=1S/C16H25N3O/c1-13-6-4-5-7-15(13)12-18(3)16(20)14(2)19-10-8-17-9-11-19/h4-7,14,17H,8-12H2,1-3H3. The van der Waals surface area contributed by atoms with E-state index >= 15 is 0 Å². The topological polar surface area (TPSA) is 35.6 Å². The van der Waals surface area contributed by atoms with Gasteiger partial charge in [0.15, 0.2) is 0 Å². The van der Waals surface area contributed by atoms with E-state index in [4.69, 9.17) is 0 Å². The van der Waals surface area contributed by atoms with E-state index < -0.39 is 0 Å². The first-order chi connectivity index (χ1) is 9.59. The maximum absolute atomic E-state index is 12.5. The second-order valence-electron chi connectivity index (χ2n) is 5.58. The van der Waals surface area contributed by atoms with Crippen molar-refractivity contribution >= 4 is 5.91 Å². The minimum Gasteiger partial charge on any atom is -0.340 e. The van der Waals surface area contributed by atoms with Gasteiger partial charge in [-0.15, -0.1) is 0 Å². The number of nitrogens with zero attached hydrogens (tertiary/aromatic N) is 2. The lowest BCUT2D eigenvalue weighted by Crippen LogP contribution is -2.52. The third-order valence-corrected chi connectivity index (χ3v) is 4.10. The molecule has 1 aliphatic heterocycles. The zero-order valence-electron chi connectivity index (χ0n) is 12.7. The Morgan fingerprint density at radius 2 is 2.00 bits per heavy atom. The van der Waals surface area contributed by atoms with Crippen LogP contribution in [0.15, 0.2) is 24.3 Å². The van der Waals surface area contributed by atoms with Crippen LogP contribution in [0.5, 0.6) is 0 Å². The summed E-state index contributed by atoms with van der Waals surface area (Å²) in [4.78, 5) is 16.6. The fourth-order valence-corrected chi connectivity index (χ4v) is 2.67. The van der Waals surface area contributed by atoms with Crippen LogP contribution in [0.25, 0.3) is 0 Å². The summed E-state index contributed by atoms with van der Waals surface area (Å²) >= 11 is 0. The van der Waals surface area contributed by atoms with Crippen molar-refractivity contribution in [2.75, 3.05) is 33.2 Å². The van der Waals surface area contributed by atoms with Gasteiger partial charge in [-0.3, -0.25) is 9.69 Å². The molecule has 1 aliphatic rings. The number of likely N-dealkylation sites (N-methyl/N-ethyl adjacent to an activating group) is 1. The average Bonchev–Trinajstić information content (AvgIpc) is 2.49. The smallest absolute Gasteiger partial charge is 0.239 e. The molecule has 1 saturated heterocycles. The Morgan fingerprint density at radius 1 is 1.35 bits per heavy atom. The molecule has 0 bridgehead atoms. The highest BCUT2D eigenvalue weighted by atomic mass is 16.2. The van der Waals surface area contributed by atoms with Crippen LogP contribution in [-0.2, 0) is 11.3 Å². The van der Waals surface area contributed by atoms with Crippen LogP contribution in [0.3, 0.4) is 0 Å². The van der Waals surface area contributed by atoms with E-state index in [0.717, 1.165) is 26.2 Å². The van der Waals surface area contributed by atoms with Crippen molar-refractivity contribution in [1.29, 1.82) is 0 Å². The van der Waals surface area contributed by atoms with Crippen molar-refractivity contribution in [3.63, 3.8) is 0 Å². The van der Waals surface area contributed by atoms with Gasteiger partial charge < -0.3 is 10.2 Å².